The lowest BCUT2D eigenvalue weighted by Gasteiger charge is -2.22. The van der Waals surface area contributed by atoms with Crippen molar-refractivity contribution >= 4 is 17.5 Å². The smallest absolute Gasteiger partial charge is 0.276 e. The van der Waals surface area contributed by atoms with Crippen molar-refractivity contribution in [3.63, 3.8) is 0 Å². The van der Waals surface area contributed by atoms with E-state index in [1.54, 1.807) is 15.6 Å². The van der Waals surface area contributed by atoms with Crippen molar-refractivity contribution in [1.29, 1.82) is 0 Å². The number of carbonyl (C=O) groups is 1. The summed E-state index contributed by atoms with van der Waals surface area (Å²) < 4.78 is 1.60. The molecule has 0 aliphatic carbocycles. The van der Waals surface area contributed by atoms with Gasteiger partial charge in [-0.1, -0.05) is 35.9 Å². The van der Waals surface area contributed by atoms with E-state index in [2.05, 4.69) is 17.2 Å². The summed E-state index contributed by atoms with van der Waals surface area (Å²) in [6.07, 6.45) is 0.910. The maximum absolute atomic E-state index is 12.7. The zero-order valence-electron chi connectivity index (χ0n) is 13.3. The molecule has 6 nitrogen and oxygen atoms in total. The molecule has 1 unspecified atom stereocenters. The maximum Gasteiger partial charge on any atom is 0.276 e. The van der Waals surface area contributed by atoms with Crippen molar-refractivity contribution in [3.05, 3.63) is 40.7 Å². The van der Waals surface area contributed by atoms with Gasteiger partial charge in [-0.05, 0) is 37.4 Å². The molecule has 2 N–H and O–H groups in total. The number of nitrogens with two attached hydrogens (primary N) is 1. The van der Waals surface area contributed by atoms with Gasteiger partial charge in [0.15, 0.2) is 5.69 Å². The predicted octanol–water partition coefficient (Wildman–Crippen LogP) is 2.04. The third kappa shape index (κ3) is 2.84. The SMILES string of the molecule is Cc1c(C(=O)N2CCC(C)(CN)C2)nnn1-c1ccccc1Cl. The molecule has 1 aromatic heterocycles. The molecule has 1 aliphatic rings. The van der Waals surface area contributed by atoms with E-state index in [1.165, 1.54) is 0 Å². The van der Waals surface area contributed by atoms with E-state index < -0.39 is 0 Å². The molecule has 7 heteroatoms. The Hall–Kier alpha value is -1.92. The van der Waals surface area contributed by atoms with E-state index in [1.807, 2.05) is 25.1 Å². The number of nitrogens with zero attached hydrogens (tertiary/aromatic N) is 4. The summed E-state index contributed by atoms with van der Waals surface area (Å²) in [5.74, 6) is -0.0991. The fourth-order valence-corrected chi connectivity index (χ4v) is 3.11. The summed E-state index contributed by atoms with van der Waals surface area (Å²) in [6.45, 7) is 5.86. The molecule has 122 valence electrons. The summed E-state index contributed by atoms with van der Waals surface area (Å²) >= 11 is 6.21. The molecule has 1 atom stereocenters. The highest BCUT2D eigenvalue weighted by molar-refractivity contribution is 6.32. The van der Waals surface area contributed by atoms with Crippen LogP contribution in [-0.4, -0.2) is 45.4 Å². The molecule has 3 rings (SSSR count). The Bertz CT molecular complexity index is 744. The minimum atomic E-state index is -0.0991. The fraction of sp³-hybridized carbons (Fsp3) is 0.438. The van der Waals surface area contributed by atoms with Gasteiger partial charge in [-0.25, -0.2) is 4.68 Å². The average Bonchev–Trinajstić information content (AvgIpc) is 3.12. The highest BCUT2D eigenvalue weighted by Gasteiger charge is 2.36. The van der Waals surface area contributed by atoms with Crippen molar-refractivity contribution in [1.82, 2.24) is 19.9 Å². The minimum absolute atomic E-state index is 0.0116. The van der Waals surface area contributed by atoms with E-state index >= 15 is 0 Å². The quantitative estimate of drug-likeness (QED) is 0.932. The summed E-state index contributed by atoms with van der Waals surface area (Å²) in [7, 11) is 0. The van der Waals surface area contributed by atoms with Crippen LogP contribution in [0.25, 0.3) is 5.69 Å². The van der Waals surface area contributed by atoms with Crippen molar-refractivity contribution in [2.24, 2.45) is 11.1 Å². The Labute approximate surface area is 140 Å². The molecule has 0 radical (unpaired) electrons. The number of aromatic nitrogens is 3. The van der Waals surface area contributed by atoms with E-state index in [9.17, 15) is 4.79 Å². The second-order valence-electron chi connectivity index (χ2n) is 6.38. The zero-order valence-corrected chi connectivity index (χ0v) is 14.0. The van der Waals surface area contributed by atoms with E-state index in [0.717, 1.165) is 6.42 Å². The molecule has 1 fully saturated rings. The third-order valence-electron chi connectivity index (χ3n) is 4.52. The van der Waals surface area contributed by atoms with E-state index in [4.69, 9.17) is 17.3 Å². The highest BCUT2D eigenvalue weighted by Crippen LogP contribution is 2.30. The lowest BCUT2D eigenvalue weighted by Crippen LogP contribution is -2.35. The Kier molecular flexibility index (Phi) is 4.12. The molecular formula is C16H20ClN5O. The number of likely N-dealkylation sites (tertiary alicyclic amines) is 1. The first-order valence-electron chi connectivity index (χ1n) is 7.62. The second kappa shape index (κ2) is 5.94. The van der Waals surface area contributed by atoms with Crippen LogP contribution in [0, 0.1) is 12.3 Å². The molecular weight excluding hydrogens is 314 g/mol. The predicted molar refractivity (Wildman–Crippen MR) is 88.8 cm³/mol. The summed E-state index contributed by atoms with van der Waals surface area (Å²) in [4.78, 5) is 14.5. The Balaban J connectivity index is 1.88. The number of rotatable bonds is 3. The molecule has 1 aliphatic heterocycles. The van der Waals surface area contributed by atoms with Crippen LogP contribution >= 0.6 is 11.6 Å². The van der Waals surface area contributed by atoms with Crippen molar-refractivity contribution in [3.8, 4) is 5.69 Å². The van der Waals surface area contributed by atoms with Gasteiger partial charge in [0.05, 0.1) is 16.4 Å². The van der Waals surface area contributed by atoms with Crippen molar-refractivity contribution in [2.45, 2.75) is 20.3 Å². The number of hydrogen-bond donors (Lipinski definition) is 1. The summed E-state index contributed by atoms with van der Waals surface area (Å²) in [5, 5.41) is 8.76. The lowest BCUT2D eigenvalue weighted by atomic mass is 9.90. The molecule has 1 aromatic carbocycles. The molecule has 0 saturated carbocycles. The first-order chi connectivity index (χ1) is 10.9. The van der Waals surface area contributed by atoms with Gasteiger partial charge in [-0.2, -0.15) is 0 Å². The molecule has 23 heavy (non-hydrogen) atoms. The van der Waals surface area contributed by atoms with Gasteiger partial charge in [-0.15, -0.1) is 5.10 Å². The van der Waals surface area contributed by atoms with Crippen LogP contribution in [0.3, 0.4) is 0 Å². The topological polar surface area (TPSA) is 77.0 Å². The van der Waals surface area contributed by atoms with Crippen LogP contribution in [-0.2, 0) is 0 Å². The van der Waals surface area contributed by atoms with Crippen LogP contribution in [0.5, 0.6) is 0 Å². The molecule has 0 bridgehead atoms. The second-order valence-corrected chi connectivity index (χ2v) is 6.79. The molecule has 0 spiro atoms. The van der Waals surface area contributed by atoms with Gasteiger partial charge < -0.3 is 10.6 Å². The van der Waals surface area contributed by atoms with Gasteiger partial charge >= 0.3 is 0 Å². The van der Waals surface area contributed by atoms with Gasteiger partial charge in [0.2, 0.25) is 0 Å². The molecule has 2 heterocycles. The summed E-state index contributed by atoms with van der Waals surface area (Å²) in [6, 6.07) is 7.35. The van der Waals surface area contributed by atoms with Gasteiger partial charge in [0, 0.05) is 13.1 Å². The van der Waals surface area contributed by atoms with Crippen LogP contribution in [0.1, 0.15) is 29.5 Å². The number of hydrogen-bond acceptors (Lipinski definition) is 4. The van der Waals surface area contributed by atoms with Crippen LogP contribution in [0.2, 0.25) is 5.02 Å². The Morgan fingerprint density at radius 2 is 2.17 bits per heavy atom. The van der Waals surface area contributed by atoms with E-state index in [-0.39, 0.29) is 11.3 Å². The van der Waals surface area contributed by atoms with Crippen LogP contribution in [0.4, 0.5) is 0 Å². The average molecular weight is 334 g/mol. The first-order valence-corrected chi connectivity index (χ1v) is 7.99. The van der Waals surface area contributed by atoms with Gasteiger partial charge in [-0.3, -0.25) is 4.79 Å². The standard InChI is InChI=1S/C16H20ClN5O/c1-11-14(15(23)21-8-7-16(2,9-18)10-21)19-20-22(11)13-6-4-3-5-12(13)17/h3-6H,7-10,18H2,1-2H3. The van der Waals surface area contributed by atoms with E-state index in [0.29, 0.717) is 41.7 Å². The minimum Gasteiger partial charge on any atom is -0.337 e. The number of para-hydroxylation sites is 1. The maximum atomic E-state index is 12.7. The Morgan fingerprint density at radius 3 is 2.83 bits per heavy atom. The Morgan fingerprint density at radius 1 is 1.43 bits per heavy atom. The fourth-order valence-electron chi connectivity index (χ4n) is 2.89. The largest absolute Gasteiger partial charge is 0.337 e. The van der Waals surface area contributed by atoms with Crippen molar-refractivity contribution in [2.75, 3.05) is 19.6 Å². The lowest BCUT2D eigenvalue weighted by molar-refractivity contribution is 0.0770. The van der Waals surface area contributed by atoms with Crippen molar-refractivity contribution < 1.29 is 4.79 Å². The van der Waals surface area contributed by atoms with Gasteiger partial charge in [0.25, 0.3) is 5.91 Å². The number of amides is 1. The van der Waals surface area contributed by atoms with Crippen LogP contribution < -0.4 is 5.73 Å². The van der Waals surface area contributed by atoms with Gasteiger partial charge in [0.1, 0.15) is 0 Å². The molecule has 2 aromatic rings. The monoisotopic (exact) mass is 333 g/mol. The normalized spacial score (nSPS) is 21.0. The molecule has 1 saturated heterocycles. The highest BCUT2D eigenvalue weighted by atomic mass is 35.5. The number of halogens is 1. The zero-order chi connectivity index (χ0) is 16.6. The number of carbonyl (C=O) groups excluding carboxylic acids is 1. The number of benzene rings is 1. The van der Waals surface area contributed by atoms with Crippen LogP contribution in [0.15, 0.2) is 24.3 Å². The molecule has 1 amide bonds. The first kappa shape index (κ1) is 16.0. The summed E-state index contributed by atoms with van der Waals surface area (Å²) in [5.41, 5.74) is 7.57. The third-order valence-corrected chi connectivity index (χ3v) is 4.84.